The molecular weight excluding hydrogens is 244 g/mol. The van der Waals surface area contributed by atoms with Gasteiger partial charge >= 0.3 is 0 Å². The van der Waals surface area contributed by atoms with Gasteiger partial charge < -0.3 is 5.32 Å². The van der Waals surface area contributed by atoms with E-state index in [0.29, 0.717) is 0 Å². The maximum Gasteiger partial charge on any atom is 0.205 e. The van der Waals surface area contributed by atoms with E-state index >= 15 is 0 Å². The van der Waals surface area contributed by atoms with Gasteiger partial charge in [-0.1, -0.05) is 23.5 Å². The molecule has 2 heterocycles. The summed E-state index contributed by atoms with van der Waals surface area (Å²) in [5, 5.41) is 14.3. The number of aryl methyl sites for hydroxylation is 1. The number of rotatable bonds is 3. The highest BCUT2D eigenvalue weighted by Crippen LogP contribution is 2.17. The molecule has 0 aliphatic carbocycles. The first kappa shape index (κ1) is 11.1. The topological polar surface area (TPSA) is 50.7 Å². The number of fused-ring (bicyclic) bond motifs is 1. The van der Waals surface area contributed by atoms with Crippen molar-refractivity contribution in [3.05, 3.63) is 47.1 Å². The third-order valence-electron chi connectivity index (χ3n) is 2.64. The molecule has 3 rings (SSSR count). The summed E-state index contributed by atoms with van der Waals surface area (Å²) in [4.78, 5) is 4.30. The zero-order valence-electron chi connectivity index (χ0n) is 9.92. The molecule has 0 unspecified atom stereocenters. The van der Waals surface area contributed by atoms with Crippen molar-refractivity contribution in [2.45, 2.75) is 13.5 Å². The van der Waals surface area contributed by atoms with Crippen LogP contribution in [0.4, 0.5) is 5.13 Å². The van der Waals surface area contributed by atoms with Crippen molar-refractivity contribution in [2.24, 2.45) is 0 Å². The summed E-state index contributed by atoms with van der Waals surface area (Å²) in [6.45, 7) is 2.70. The Kier molecular flexibility index (Phi) is 2.90. The molecule has 5 heteroatoms. The van der Waals surface area contributed by atoms with Gasteiger partial charge in [0.05, 0.1) is 5.52 Å². The van der Waals surface area contributed by atoms with Gasteiger partial charge in [0.1, 0.15) is 5.01 Å². The minimum absolute atomic E-state index is 0.749. The molecule has 3 aromatic rings. The number of hydrogen-bond donors (Lipinski definition) is 1. The Bertz CT molecular complexity index is 677. The summed E-state index contributed by atoms with van der Waals surface area (Å²) in [5.74, 6) is 0. The van der Waals surface area contributed by atoms with Gasteiger partial charge in [-0.3, -0.25) is 4.98 Å². The van der Waals surface area contributed by atoms with Gasteiger partial charge in [-0.2, -0.15) is 0 Å². The Morgan fingerprint density at radius 1 is 1.22 bits per heavy atom. The van der Waals surface area contributed by atoms with E-state index < -0.39 is 0 Å². The van der Waals surface area contributed by atoms with Crippen LogP contribution >= 0.6 is 11.3 Å². The Hall–Kier alpha value is -2.01. The minimum Gasteiger partial charge on any atom is -0.356 e. The van der Waals surface area contributed by atoms with Crippen LogP contribution < -0.4 is 5.32 Å². The van der Waals surface area contributed by atoms with E-state index in [4.69, 9.17) is 0 Å². The van der Waals surface area contributed by atoms with E-state index in [1.807, 2.05) is 25.3 Å². The lowest BCUT2D eigenvalue weighted by Crippen LogP contribution is -1.98. The molecule has 1 aromatic carbocycles. The fourth-order valence-corrected chi connectivity index (χ4v) is 2.37. The number of aromatic nitrogens is 3. The smallest absolute Gasteiger partial charge is 0.205 e. The van der Waals surface area contributed by atoms with Crippen molar-refractivity contribution < 1.29 is 0 Å². The first-order valence-electron chi connectivity index (χ1n) is 5.69. The van der Waals surface area contributed by atoms with Gasteiger partial charge in [0, 0.05) is 18.1 Å². The summed E-state index contributed by atoms with van der Waals surface area (Å²) in [5.41, 5.74) is 2.23. The van der Waals surface area contributed by atoms with Gasteiger partial charge in [0.2, 0.25) is 5.13 Å². The maximum absolute atomic E-state index is 4.30. The Morgan fingerprint density at radius 2 is 2.17 bits per heavy atom. The van der Waals surface area contributed by atoms with E-state index in [1.165, 1.54) is 5.56 Å². The molecule has 0 saturated carbocycles. The van der Waals surface area contributed by atoms with Crippen molar-refractivity contribution in [1.29, 1.82) is 0 Å². The Labute approximate surface area is 109 Å². The van der Waals surface area contributed by atoms with Crippen LogP contribution in [0.2, 0.25) is 0 Å². The standard InChI is InChI=1S/C13H12N4S/c1-9-16-17-13(18-9)15-8-10-4-5-12-11(7-10)3-2-6-14-12/h2-7H,8H2,1H3,(H,15,17). The second-order valence-electron chi connectivity index (χ2n) is 4.01. The van der Waals surface area contributed by atoms with Gasteiger partial charge in [-0.15, -0.1) is 10.2 Å². The molecular formula is C13H12N4S. The van der Waals surface area contributed by atoms with Crippen LogP contribution in [0.3, 0.4) is 0 Å². The number of nitrogens with one attached hydrogen (secondary N) is 1. The second-order valence-corrected chi connectivity index (χ2v) is 5.19. The van der Waals surface area contributed by atoms with E-state index in [2.05, 4.69) is 38.7 Å². The van der Waals surface area contributed by atoms with Gasteiger partial charge in [0.25, 0.3) is 0 Å². The highest BCUT2D eigenvalue weighted by molar-refractivity contribution is 7.15. The van der Waals surface area contributed by atoms with Crippen molar-refractivity contribution in [1.82, 2.24) is 15.2 Å². The monoisotopic (exact) mass is 256 g/mol. The predicted molar refractivity (Wildman–Crippen MR) is 73.7 cm³/mol. The maximum atomic E-state index is 4.30. The molecule has 0 fully saturated rings. The SMILES string of the molecule is Cc1nnc(NCc2ccc3ncccc3c2)s1. The average Bonchev–Trinajstić information content (AvgIpc) is 2.82. The third kappa shape index (κ3) is 2.31. The minimum atomic E-state index is 0.749. The molecule has 90 valence electrons. The van der Waals surface area contributed by atoms with Crippen LogP contribution in [-0.4, -0.2) is 15.2 Å². The lowest BCUT2D eigenvalue weighted by atomic mass is 10.1. The predicted octanol–water partition coefficient (Wildman–Crippen LogP) is 3.01. The zero-order valence-corrected chi connectivity index (χ0v) is 10.7. The molecule has 1 N–H and O–H groups in total. The van der Waals surface area contributed by atoms with Crippen LogP contribution in [-0.2, 0) is 6.54 Å². The lowest BCUT2D eigenvalue weighted by Gasteiger charge is -2.03. The normalized spacial score (nSPS) is 10.7. The fourth-order valence-electron chi connectivity index (χ4n) is 1.78. The molecule has 0 bridgehead atoms. The largest absolute Gasteiger partial charge is 0.356 e. The van der Waals surface area contributed by atoms with Crippen LogP contribution in [0, 0.1) is 6.92 Å². The first-order chi connectivity index (χ1) is 8.81. The molecule has 0 radical (unpaired) electrons. The molecule has 0 aliphatic heterocycles. The summed E-state index contributed by atoms with van der Waals surface area (Å²) < 4.78 is 0. The highest BCUT2D eigenvalue weighted by atomic mass is 32.1. The first-order valence-corrected chi connectivity index (χ1v) is 6.50. The lowest BCUT2D eigenvalue weighted by molar-refractivity contribution is 1.03. The molecule has 0 spiro atoms. The molecule has 4 nitrogen and oxygen atoms in total. The van der Waals surface area contributed by atoms with E-state index in [-0.39, 0.29) is 0 Å². The van der Waals surface area contributed by atoms with Crippen molar-refractivity contribution >= 4 is 27.4 Å². The number of benzene rings is 1. The Balaban J connectivity index is 1.78. The Morgan fingerprint density at radius 3 is 3.00 bits per heavy atom. The highest BCUT2D eigenvalue weighted by Gasteiger charge is 2.01. The summed E-state index contributed by atoms with van der Waals surface area (Å²) in [7, 11) is 0. The number of anilines is 1. The number of nitrogens with zero attached hydrogens (tertiary/aromatic N) is 3. The van der Waals surface area contributed by atoms with Gasteiger partial charge in [0.15, 0.2) is 0 Å². The molecule has 2 aromatic heterocycles. The number of pyridine rings is 1. The third-order valence-corrected chi connectivity index (χ3v) is 3.43. The van der Waals surface area contributed by atoms with Crippen molar-refractivity contribution in [3.8, 4) is 0 Å². The fraction of sp³-hybridized carbons (Fsp3) is 0.154. The molecule has 0 amide bonds. The second kappa shape index (κ2) is 4.70. The molecule has 18 heavy (non-hydrogen) atoms. The van der Waals surface area contributed by atoms with E-state index in [9.17, 15) is 0 Å². The quantitative estimate of drug-likeness (QED) is 0.782. The number of hydrogen-bond acceptors (Lipinski definition) is 5. The molecule has 0 saturated heterocycles. The summed E-state index contributed by atoms with van der Waals surface area (Å²) >= 11 is 1.56. The van der Waals surface area contributed by atoms with Crippen LogP contribution in [0.5, 0.6) is 0 Å². The zero-order chi connectivity index (χ0) is 12.4. The van der Waals surface area contributed by atoms with Crippen LogP contribution in [0.25, 0.3) is 10.9 Å². The van der Waals surface area contributed by atoms with Crippen LogP contribution in [0.1, 0.15) is 10.6 Å². The summed E-state index contributed by atoms with van der Waals surface area (Å²) in [6.07, 6.45) is 1.81. The van der Waals surface area contributed by atoms with Crippen molar-refractivity contribution in [2.75, 3.05) is 5.32 Å². The average molecular weight is 256 g/mol. The van der Waals surface area contributed by atoms with Crippen molar-refractivity contribution in [3.63, 3.8) is 0 Å². The van der Waals surface area contributed by atoms with E-state index in [1.54, 1.807) is 11.3 Å². The molecule has 0 atom stereocenters. The van der Waals surface area contributed by atoms with Crippen LogP contribution in [0.15, 0.2) is 36.5 Å². The van der Waals surface area contributed by atoms with E-state index in [0.717, 1.165) is 27.6 Å². The van der Waals surface area contributed by atoms with Gasteiger partial charge in [-0.25, -0.2) is 0 Å². The molecule has 0 aliphatic rings. The summed E-state index contributed by atoms with van der Waals surface area (Å²) in [6, 6.07) is 10.3. The van der Waals surface area contributed by atoms with Gasteiger partial charge in [-0.05, 0) is 30.7 Å².